The second-order valence-electron chi connectivity index (χ2n) is 7.84. The Morgan fingerprint density at radius 3 is 2.69 bits per heavy atom. The minimum atomic E-state index is -0.582. The molecule has 0 bridgehead atoms. The van der Waals surface area contributed by atoms with Gasteiger partial charge in [0.25, 0.3) is 0 Å². The van der Waals surface area contributed by atoms with Gasteiger partial charge >= 0.3 is 0 Å². The number of carbonyl (C=O) groups excluding carboxylic acids is 3. The lowest BCUT2D eigenvalue weighted by Gasteiger charge is -2.24. The van der Waals surface area contributed by atoms with Crippen LogP contribution in [0.4, 0.5) is 4.39 Å². The van der Waals surface area contributed by atoms with Gasteiger partial charge in [-0.1, -0.05) is 55.8 Å². The van der Waals surface area contributed by atoms with Gasteiger partial charge in [0.15, 0.2) is 6.29 Å². The van der Waals surface area contributed by atoms with E-state index < -0.39 is 11.7 Å². The quantitative estimate of drug-likeness (QED) is 0.498. The number of fused-ring (bicyclic) bond motifs is 1. The third-order valence-corrected chi connectivity index (χ3v) is 5.16. The number of nitrogens with one attached hydrogen (secondary N) is 1. The number of rotatable bonds is 9. The standard InChI is InChI=1S/C23H24ClFN4O3/c1-15(2)11-28(12-21(31)26-10-16-6-5-8-18(24)23(16)25)22(32)13-29-20-9-4-3-7-17(20)19(14-30)27-29/h3-9,14-15H,10-13H2,1-2H3,(H,26,31). The van der Waals surface area contributed by atoms with Crippen molar-refractivity contribution >= 4 is 40.6 Å². The van der Waals surface area contributed by atoms with Crippen LogP contribution in [-0.4, -0.2) is 45.9 Å². The summed E-state index contributed by atoms with van der Waals surface area (Å²) in [6, 6.07) is 11.7. The topological polar surface area (TPSA) is 84.3 Å². The molecule has 1 aromatic heterocycles. The first-order valence-corrected chi connectivity index (χ1v) is 10.6. The molecular formula is C23H24ClFN4O3. The van der Waals surface area contributed by atoms with Crippen molar-refractivity contribution in [2.45, 2.75) is 26.9 Å². The summed E-state index contributed by atoms with van der Waals surface area (Å²) in [6.07, 6.45) is 0.650. The van der Waals surface area contributed by atoms with E-state index in [2.05, 4.69) is 10.4 Å². The molecule has 0 aliphatic heterocycles. The van der Waals surface area contributed by atoms with Crippen LogP contribution in [0.3, 0.4) is 0 Å². The number of halogens is 2. The van der Waals surface area contributed by atoms with E-state index in [0.29, 0.717) is 23.7 Å². The molecule has 2 aromatic carbocycles. The van der Waals surface area contributed by atoms with Crippen molar-refractivity contribution in [1.29, 1.82) is 0 Å². The molecule has 7 nitrogen and oxygen atoms in total. The van der Waals surface area contributed by atoms with Crippen molar-refractivity contribution in [3.05, 3.63) is 64.6 Å². The highest BCUT2D eigenvalue weighted by Gasteiger charge is 2.21. The lowest BCUT2D eigenvalue weighted by atomic mass is 10.2. The molecule has 0 aliphatic carbocycles. The molecule has 0 spiro atoms. The first-order chi connectivity index (χ1) is 15.3. The molecule has 0 fully saturated rings. The van der Waals surface area contributed by atoms with Crippen LogP contribution in [0.5, 0.6) is 0 Å². The number of benzene rings is 2. The van der Waals surface area contributed by atoms with Gasteiger partial charge in [-0.2, -0.15) is 5.10 Å². The van der Waals surface area contributed by atoms with Gasteiger partial charge in [0.1, 0.15) is 18.1 Å². The zero-order valence-electron chi connectivity index (χ0n) is 17.8. The highest BCUT2D eigenvalue weighted by atomic mass is 35.5. The molecule has 0 unspecified atom stereocenters. The molecular weight excluding hydrogens is 435 g/mol. The zero-order valence-corrected chi connectivity index (χ0v) is 18.6. The average molecular weight is 459 g/mol. The van der Waals surface area contributed by atoms with Crippen LogP contribution in [0.15, 0.2) is 42.5 Å². The zero-order chi connectivity index (χ0) is 23.3. The van der Waals surface area contributed by atoms with Crippen LogP contribution in [-0.2, 0) is 22.7 Å². The minimum Gasteiger partial charge on any atom is -0.350 e. The summed E-state index contributed by atoms with van der Waals surface area (Å²) in [4.78, 5) is 38.3. The maximum atomic E-state index is 14.0. The number of hydrogen-bond donors (Lipinski definition) is 1. The molecule has 0 aliphatic rings. The molecule has 2 amide bonds. The van der Waals surface area contributed by atoms with E-state index in [4.69, 9.17) is 11.6 Å². The highest BCUT2D eigenvalue weighted by Crippen LogP contribution is 2.18. The van der Waals surface area contributed by atoms with Gasteiger partial charge in [-0.25, -0.2) is 4.39 Å². The third-order valence-electron chi connectivity index (χ3n) is 4.86. The Hall–Kier alpha value is -3.26. The van der Waals surface area contributed by atoms with Crippen LogP contribution in [0.2, 0.25) is 5.02 Å². The molecule has 0 atom stereocenters. The number of aldehydes is 1. The van der Waals surface area contributed by atoms with Crippen molar-refractivity contribution in [2.75, 3.05) is 13.1 Å². The van der Waals surface area contributed by atoms with E-state index in [9.17, 15) is 18.8 Å². The summed E-state index contributed by atoms with van der Waals surface area (Å²) in [6.45, 7) is 3.90. The van der Waals surface area contributed by atoms with Crippen molar-refractivity contribution in [2.24, 2.45) is 5.92 Å². The van der Waals surface area contributed by atoms with Gasteiger partial charge in [-0.15, -0.1) is 0 Å². The Balaban J connectivity index is 1.70. The van der Waals surface area contributed by atoms with Gasteiger partial charge in [-0.3, -0.25) is 19.1 Å². The smallest absolute Gasteiger partial charge is 0.244 e. The number of hydrogen-bond acceptors (Lipinski definition) is 4. The second kappa shape index (κ2) is 10.4. The maximum absolute atomic E-state index is 14.0. The Bertz CT molecular complexity index is 1150. The summed E-state index contributed by atoms with van der Waals surface area (Å²) in [5.41, 5.74) is 1.18. The predicted octanol–water partition coefficient (Wildman–Crippen LogP) is 3.44. The number of carbonyl (C=O) groups is 3. The van der Waals surface area contributed by atoms with E-state index in [1.54, 1.807) is 30.3 Å². The predicted molar refractivity (Wildman–Crippen MR) is 120 cm³/mol. The van der Waals surface area contributed by atoms with Gasteiger partial charge in [-0.05, 0) is 18.1 Å². The molecule has 0 saturated heterocycles. The lowest BCUT2D eigenvalue weighted by Crippen LogP contribution is -2.43. The normalized spacial score (nSPS) is 11.0. The summed E-state index contributed by atoms with van der Waals surface area (Å²) >= 11 is 5.77. The maximum Gasteiger partial charge on any atom is 0.244 e. The van der Waals surface area contributed by atoms with Crippen molar-refractivity contribution in [3.63, 3.8) is 0 Å². The van der Waals surface area contributed by atoms with Crippen LogP contribution >= 0.6 is 11.6 Å². The molecule has 1 N–H and O–H groups in total. The summed E-state index contributed by atoms with van der Waals surface area (Å²) < 4.78 is 15.5. The first kappa shape index (κ1) is 23.4. The van der Waals surface area contributed by atoms with Gasteiger partial charge in [0.05, 0.1) is 17.1 Å². The molecule has 168 valence electrons. The Labute approximate surface area is 190 Å². The van der Waals surface area contributed by atoms with Crippen LogP contribution in [0, 0.1) is 11.7 Å². The summed E-state index contributed by atoms with van der Waals surface area (Å²) in [7, 11) is 0. The summed E-state index contributed by atoms with van der Waals surface area (Å²) in [5.74, 6) is -1.19. The second-order valence-corrected chi connectivity index (χ2v) is 8.24. The molecule has 0 radical (unpaired) electrons. The molecule has 1 heterocycles. The molecule has 32 heavy (non-hydrogen) atoms. The van der Waals surface area contributed by atoms with E-state index >= 15 is 0 Å². The van der Waals surface area contributed by atoms with Crippen molar-refractivity contribution in [3.8, 4) is 0 Å². The van der Waals surface area contributed by atoms with Crippen molar-refractivity contribution in [1.82, 2.24) is 20.0 Å². The molecule has 9 heteroatoms. The Morgan fingerprint density at radius 2 is 1.97 bits per heavy atom. The monoisotopic (exact) mass is 458 g/mol. The highest BCUT2D eigenvalue weighted by molar-refractivity contribution is 6.30. The average Bonchev–Trinajstić information content (AvgIpc) is 3.11. The number of amides is 2. The number of aromatic nitrogens is 2. The van der Waals surface area contributed by atoms with Crippen LogP contribution in [0.25, 0.3) is 10.9 Å². The Morgan fingerprint density at radius 1 is 1.22 bits per heavy atom. The number of para-hydroxylation sites is 1. The Kier molecular flexibility index (Phi) is 7.58. The third kappa shape index (κ3) is 5.50. The summed E-state index contributed by atoms with van der Waals surface area (Å²) in [5, 5.41) is 7.50. The molecule has 0 saturated carbocycles. The molecule has 3 aromatic rings. The fourth-order valence-electron chi connectivity index (χ4n) is 3.39. The fraction of sp³-hybridized carbons (Fsp3) is 0.304. The van der Waals surface area contributed by atoms with Gasteiger partial charge in [0, 0.05) is 24.0 Å². The van der Waals surface area contributed by atoms with E-state index in [0.717, 1.165) is 0 Å². The van der Waals surface area contributed by atoms with Gasteiger partial charge < -0.3 is 10.2 Å². The van der Waals surface area contributed by atoms with Crippen molar-refractivity contribution < 1.29 is 18.8 Å². The van der Waals surface area contributed by atoms with Gasteiger partial charge in [0.2, 0.25) is 11.8 Å². The van der Waals surface area contributed by atoms with Crippen LogP contribution < -0.4 is 5.32 Å². The largest absolute Gasteiger partial charge is 0.350 e. The SMILES string of the molecule is CC(C)CN(CC(=O)NCc1cccc(Cl)c1F)C(=O)Cn1nc(C=O)c2ccccc21. The van der Waals surface area contributed by atoms with E-state index in [-0.39, 0.29) is 47.7 Å². The van der Waals surface area contributed by atoms with E-state index in [1.807, 2.05) is 13.8 Å². The fourth-order valence-corrected chi connectivity index (χ4v) is 3.59. The van der Waals surface area contributed by atoms with Crippen LogP contribution in [0.1, 0.15) is 29.9 Å². The number of nitrogens with zero attached hydrogens (tertiary/aromatic N) is 3. The molecule has 3 rings (SSSR count). The minimum absolute atomic E-state index is 0.0190. The lowest BCUT2D eigenvalue weighted by molar-refractivity contribution is -0.137. The first-order valence-electron chi connectivity index (χ1n) is 10.2. The van der Waals surface area contributed by atoms with E-state index in [1.165, 1.54) is 21.7 Å².